The molecule has 0 aliphatic rings. The van der Waals surface area contributed by atoms with Crippen LogP contribution in [-0.4, -0.2) is 51.5 Å². The highest BCUT2D eigenvalue weighted by Gasteiger charge is 2.15. The minimum absolute atomic E-state index is 0.181. The van der Waals surface area contributed by atoms with E-state index in [4.69, 9.17) is 4.74 Å². The zero-order valence-electron chi connectivity index (χ0n) is 13.0. The summed E-state index contributed by atoms with van der Waals surface area (Å²) in [5.74, 6) is 0.588. The second-order valence-electron chi connectivity index (χ2n) is 5.24. The van der Waals surface area contributed by atoms with Crippen LogP contribution < -0.4 is 10.0 Å². The number of hydrogen-bond acceptors (Lipinski definition) is 5. The van der Waals surface area contributed by atoms with Gasteiger partial charge in [-0.1, -0.05) is 13.8 Å². The molecule has 1 heterocycles. The Morgan fingerprint density at radius 2 is 2.10 bits per heavy atom. The number of nitrogens with one attached hydrogen (secondary N) is 2. The highest BCUT2D eigenvalue weighted by Crippen LogP contribution is 2.06. The molecule has 0 aromatic carbocycles. The quantitative estimate of drug-likeness (QED) is 0.579. The fourth-order valence-electron chi connectivity index (χ4n) is 1.58. The van der Waals surface area contributed by atoms with E-state index >= 15 is 0 Å². The normalized spacial score (nSPS) is 12.2. The molecule has 122 valence electrons. The number of nitrogens with zero attached hydrogens (tertiary/aromatic N) is 2. The van der Waals surface area contributed by atoms with Gasteiger partial charge >= 0.3 is 0 Å². The van der Waals surface area contributed by atoms with E-state index in [0.717, 1.165) is 13.0 Å². The summed E-state index contributed by atoms with van der Waals surface area (Å²) in [6.45, 7) is 6.90. The Morgan fingerprint density at radius 1 is 1.33 bits per heavy atom. The summed E-state index contributed by atoms with van der Waals surface area (Å²) in [5.41, 5.74) is 0. The number of ether oxygens (including phenoxy) is 1. The largest absolute Gasteiger partial charge is 0.380 e. The van der Waals surface area contributed by atoms with E-state index in [2.05, 4.69) is 29.0 Å². The summed E-state index contributed by atoms with van der Waals surface area (Å²) >= 11 is 0. The van der Waals surface area contributed by atoms with Gasteiger partial charge in [0.1, 0.15) is 4.90 Å². The van der Waals surface area contributed by atoms with Crippen LogP contribution in [-0.2, 0) is 21.3 Å². The summed E-state index contributed by atoms with van der Waals surface area (Å²) in [5, 5.41) is 7.01. The molecule has 2 N–H and O–H groups in total. The van der Waals surface area contributed by atoms with Gasteiger partial charge in [0.2, 0.25) is 10.0 Å². The molecule has 0 unspecified atom stereocenters. The summed E-state index contributed by atoms with van der Waals surface area (Å²) in [6, 6.07) is 0. The third kappa shape index (κ3) is 7.03. The molecule has 7 nitrogen and oxygen atoms in total. The third-order valence-electron chi connectivity index (χ3n) is 2.89. The van der Waals surface area contributed by atoms with Crippen molar-refractivity contribution in [3.05, 3.63) is 12.4 Å². The van der Waals surface area contributed by atoms with E-state index in [0.29, 0.717) is 25.7 Å². The Hall–Kier alpha value is -0.960. The van der Waals surface area contributed by atoms with Crippen molar-refractivity contribution in [2.45, 2.75) is 31.7 Å². The maximum atomic E-state index is 12.0. The number of sulfonamides is 1. The van der Waals surface area contributed by atoms with Crippen LogP contribution in [0, 0.1) is 5.92 Å². The van der Waals surface area contributed by atoms with Crippen molar-refractivity contribution in [3.8, 4) is 0 Å². The maximum Gasteiger partial charge on any atom is 0.243 e. The highest BCUT2D eigenvalue weighted by atomic mass is 32.2. The maximum absolute atomic E-state index is 12.0. The monoisotopic (exact) mass is 318 g/mol. The zero-order valence-corrected chi connectivity index (χ0v) is 13.8. The molecule has 0 spiro atoms. The van der Waals surface area contributed by atoms with Crippen molar-refractivity contribution in [1.29, 1.82) is 0 Å². The minimum Gasteiger partial charge on any atom is -0.380 e. The van der Waals surface area contributed by atoms with Crippen LogP contribution in [0.4, 0.5) is 0 Å². The molecule has 21 heavy (non-hydrogen) atoms. The lowest BCUT2D eigenvalue weighted by atomic mass is 10.1. The topological polar surface area (TPSA) is 85.2 Å². The lowest BCUT2D eigenvalue weighted by Gasteiger charge is -2.07. The average Bonchev–Trinajstić information content (AvgIpc) is 2.89. The third-order valence-corrected chi connectivity index (χ3v) is 4.30. The number of likely N-dealkylation sites (N-methyl/N-ethyl adjacent to an activating group) is 1. The Bertz CT molecular complexity index is 499. The van der Waals surface area contributed by atoms with Crippen LogP contribution in [0.3, 0.4) is 0 Å². The first-order valence-corrected chi connectivity index (χ1v) is 8.68. The van der Waals surface area contributed by atoms with Crippen molar-refractivity contribution in [2.75, 3.05) is 33.4 Å². The summed E-state index contributed by atoms with van der Waals surface area (Å²) in [6.07, 6.45) is 3.86. The van der Waals surface area contributed by atoms with E-state index in [-0.39, 0.29) is 11.4 Å². The molecule has 1 rings (SSSR count). The molecule has 8 heteroatoms. The summed E-state index contributed by atoms with van der Waals surface area (Å²) in [7, 11) is -1.67. The SMILES string of the molecule is CNCCn1cc(S(=O)(=O)NCCOCCC(C)C)cn1. The molecular weight excluding hydrogens is 292 g/mol. The Kier molecular flexibility index (Phi) is 7.87. The van der Waals surface area contributed by atoms with Crippen molar-refractivity contribution < 1.29 is 13.2 Å². The van der Waals surface area contributed by atoms with Gasteiger partial charge in [-0.25, -0.2) is 13.1 Å². The van der Waals surface area contributed by atoms with Crippen molar-refractivity contribution in [1.82, 2.24) is 19.8 Å². The van der Waals surface area contributed by atoms with Gasteiger partial charge in [0.15, 0.2) is 0 Å². The van der Waals surface area contributed by atoms with Crippen LogP contribution in [0.1, 0.15) is 20.3 Å². The van der Waals surface area contributed by atoms with Crippen LogP contribution >= 0.6 is 0 Å². The molecule has 0 aliphatic heterocycles. The van der Waals surface area contributed by atoms with E-state index in [1.54, 1.807) is 4.68 Å². The first kappa shape index (κ1) is 18.1. The smallest absolute Gasteiger partial charge is 0.243 e. The molecule has 0 amide bonds. The second kappa shape index (κ2) is 9.14. The molecule has 1 aromatic rings. The Morgan fingerprint density at radius 3 is 2.76 bits per heavy atom. The van der Waals surface area contributed by atoms with Crippen LogP contribution in [0.2, 0.25) is 0 Å². The van der Waals surface area contributed by atoms with Crippen LogP contribution in [0.25, 0.3) is 0 Å². The zero-order chi connectivity index (χ0) is 15.7. The molecule has 1 aromatic heterocycles. The van der Waals surface area contributed by atoms with Gasteiger partial charge in [-0.2, -0.15) is 5.10 Å². The second-order valence-corrected chi connectivity index (χ2v) is 7.00. The average molecular weight is 318 g/mol. The molecular formula is C13H26N4O3S. The number of aromatic nitrogens is 2. The molecule has 0 radical (unpaired) electrons. The molecule has 0 saturated carbocycles. The van der Waals surface area contributed by atoms with Gasteiger partial charge in [0.05, 0.1) is 19.3 Å². The molecule has 0 aliphatic carbocycles. The molecule has 0 saturated heterocycles. The molecule has 0 bridgehead atoms. The Labute approximate surface area is 127 Å². The Balaban J connectivity index is 2.34. The van der Waals surface area contributed by atoms with E-state index in [9.17, 15) is 8.42 Å². The fourth-order valence-corrected chi connectivity index (χ4v) is 2.55. The first-order chi connectivity index (χ1) is 9.95. The molecule has 0 atom stereocenters. The van der Waals surface area contributed by atoms with Gasteiger partial charge < -0.3 is 10.1 Å². The lowest BCUT2D eigenvalue weighted by Crippen LogP contribution is -2.27. The standard InChI is InChI=1S/C13H26N4O3S/c1-12(2)4-8-20-9-6-16-21(18,19)13-10-15-17(11-13)7-5-14-3/h10-12,14,16H,4-9H2,1-3H3. The predicted molar refractivity (Wildman–Crippen MR) is 81.6 cm³/mol. The van der Waals surface area contributed by atoms with Crippen LogP contribution in [0.5, 0.6) is 0 Å². The fraction of sp³-hybridized carbons (Fsp3) is 0.769. The molecule has 0 fully saturated rings. The van der Waals surface area contributed by atoms with E-state index < -0.39 is 10.0 Å². The van der Waals surface area contributed by atoms with Gasteiger partial charge in [-0.05, 0) is 19.4 Å². The van der Waals surface area contributed by atoms with Crippen molar-refractivity contribution >= 4 is 10.0 Å². The number of hydrogen-bond donors (Lipinski definition) is 2. The summed E-state index contributed by atoms with van der Waals surface area (Å²) < 4.78 is 33.5. The first-order valence-electron chi connectivity index (χ1n) is 7.20. The van der Waals surface area contributed by atoms with Gasteiger partial charge in [-0.3, -0.25) is 4.68 Å². The summed E-state index contributed by atoms with van der Waals surface area (Å²) in [4.78, 5) is 0.181. The lowest BCUT2D eigenvalue weighted by molar-refractivity contribution is 0.128. The van der Waals surface area contributed by atoms with Crippen molar-refractivity contribution in [2.24, 2.45) is 5.92 Å². The number of rotatable bonds is 11. The van der Waals surface area contributed by atoms with Gasteiger partial charge in [0, 0.05) is 25.9 Å². The van der Waals surface area contributed by atoms with E-state index in [1.165, 1.54) is 12.4 Å². The highest BCUT2D eigenvalue weighted by molar-refractivity contribution is 7.89. The van der Waals surface area contributed by atoms with Gasteiger partial charge in [0.25, 0.3) is 0 Å². The van der Waals surface area contributed by atoms with Crippen LogP contribution in [0.15, 0.2) is 17.3 Å². The van der Waals surface area contributed by atoms with E-state index in [1.807, 2.05) is 7.05 Å². The van der Waals surface area contributed by atoms with Gasteiger partial charge in [-0.15, -0.1) is 0 Å². The van der Waals surface area contributed by atoms with Crippen molar-refractivity contribution in [3.63, 3.8) is 0 Å². The minimum atomic E-state index is -3.50. The predicted octanol–water partition coefficient (Wildman–Crippen LogP) is 0.444.